The van der Waals surface area contributed by atoms with E-state index in [1.165, 1.54) is 12.1 Å². The van der Waals surface area contributed by atoms with Crippen molar-refractivity contribution in [2.24, 2.45) is 5.92 Å². The van der Waals surface area contributed by atoms with Crippen molar-refractivity contribution in [2.75, 3.05) is 26.5 Å². The van der Waals surface area contributed by atoms with Crippen molar-refractivity contribution < 1.29 is 29.5 Å². The fraction of sp³-hybridized carbons (Fsp3) is 0.296. The van der Waals surface area contributed by atoms with Crippen molar-refractivity contribution in [3.63, 3.8) is 0 Å². The van der Waals surface area contributed by atoms with Crippen LogP contribution in [0.2, 0.25) is 0 Å². The first-order valence-corrected chi connectivity index (χ1v) is 11.3. The molecule has 3 aromatic carbocycles. The molecule has 3 aromatic rings. The average molecular weight is 465 g/mol. The van der Waals surface area contributed by atoms with Crippen LogP contribution in [0.4, 0.5) is 9.18 Å². The molecule has 176 valence electrons. The highest BCUT2D eigenvalue weighted by atomic mass is 19.1. The van der Waals surface area contributed by atoms with Gasteiger partial charge in [0.05, 0.1) is 6.61 Å². The van der Waals surface area contributed by atoms with Crippen molar-refractivity contribution >= 4 is 6.09 Å². The molecule has 7 heteroatoms. The van der Waals surface area contributed by atoms with E-state index in [1.807, 2.05) is 30.3 Å². The van der Waals surface area contributed by atoms with Gasteiger partial charge in [-0.15, -0.1) is 0 Å². The highest BCUT2D eigenvalue weighted by Gasteiger charge is 2.34. The number of benzene rings is 3. The van der Waals surface area contributed by atoms with E-state index in [0.717, 1.165) is 11.1 Å². The van der Waals surface area contributed by atoms with Gasteiger partial charge in [0.1, 0.15) is 19.5 Å². The highest BCUT2D eigenvalue weighted by molar-refractivity contribution is 5.67. The van der Waals surface area contributed by atoms with Crippen LogP contribution in [0, 0.1) is 11.7 Å². The Bertz CT molecular complexity index is 1160. The van der Waals surface area contributed by atoms with Crippen LogP contribution in [0.3, 0.4) is 0 Å². The fourth-order valence-corrected chi connectivity index (χ4v) is 4.42. The molecule has 0 spiro atoms. The number of piperidine rings is 1. The Kier molecular flexibility index (Phi) is 6.15. The number of likely N-dealkylation sites (tertiary alicyclic amines) is 1. The zero-order valence-corrected chi connectivity index (χ0v) is 18.6. The van der Waals surface area contributed by atoms with Crippen LogP contribution in [0.1, 0.15) is 24.8 Å². The van der Waals surface area contributed by atoms with Crippen molar-refractivity contribution in [2.45, 2.75) is 18.9 Å². The number of ether oxygens (including phenoxy) is 4. The molecule has 2 aliphatic rings. The Labute approximate surface area is 199 Å². The lowest BCUT2D eigenvalue weighted by Gasteiger charge is -2.38. The lowest BCUT2D eigenvalue weighted by Crippen LogP contribution is -2.45. The maximum atomic E-state index is 13.5. The Morgan fingerprint density at radius 1 is 1.06 bits per heavy atom. The highest BCUT2D eigenvalue weighted by Crippen LogP contribution is 2.37. The molecule has 34 heavy (non-hydrogen) atoms. The van der Waals surface area contributed by atoms with E-state index in [0.29, 0.717) is 43.4 Å². The van der Waals surface area contributed by atoms with E-state index in [9.17, 15) is 9.18 Å². The average Bonchev–Trinajstić information content (AvgIpc) is 3.26. The molecule has 0 N–H and O–H groups in total. The number of fused-ring (bicyclic) bond motifs is 1. The number of carbonyl (C=O) groups excluding carboxylic acids is 1. The minimum Gasteiger partial charge on any atom is -0.493 e. The largest absolute Gasteiger partial charge is 0.493 e. The molecule has 0 aromatic heterocycles. The summed E-state index contributed by atoms with van der Waals surface area (Å²) in [6, 6.07) is 21.3. The molecule has 3 atom stereocenters. The van der Waals surface area contributed by atoms with Gasteiger partial charge in [-0.05, 0) is 47.7 Å². The van der Waals surface area contributed by atoms with Gasteiger partial charge in [-0.25, -0.2) is 9.18 Å². The smallest absolute Gasteiger partial charge is 0.410 e. The maximum absolute atomic E-state index is 13.5. The molecule has 1 saturated heterocycles. The van der Waals surface area contributed by atoms with Crippen LogP contribution in [0.25, 0.3) is 0 Å². The van der Waals surface area contributed by atoms with Gasteiger partial charge >= 0.3 is 6.09 Å². The molecule has 0 radical (unpaired) electrons. The standard InChI is InChI=1S/C27H26FNO5/c28-22-8-6-20(7-9-22)24-12-13-29(27(30)32-16-19-4-2-1-3-5-19)15-21(24)17-31-23-10-11-25-26(14-23)34-18-33-25/h1-11,14,21,24H,12-13,15-18H2/t21-,24-/m0/s1/i18D/t18?,21-,24-. The number of carbonyl (C=O) groups is 1. The normalized spacial score (nSPS) is 21.6. The Balaban J connectivity index is 1.27. The fourth-order valence-electron chi connectivity index (χ4n) is 4.42. The quantitative estimate of drug-likeness (QED) is 0.491. The van der Waals surface area contributed by atoms with E-state index in [4.69, 9.17) is 20.3 Å². The zero-order valence-electron chi connectivity index (χ0n) is 19.6. The zero-order chi connectivity index (χ0) is 24.2. The monoisotopic (exact) mass is 464 g/mol. The predicted molar refractivity (Wildman–Crippen MR) is 124 cm³/mol. The molecule has 1 fully saturated rings. The molecule has 0 aliphatic carbocycles. The van der Waals surface area contributed by atoms with Crippen LogP contribution in [-0.4, -0.2) is 37.5 Å². The van der Waals surface area contributed by atoms with Crippen LogP contribution in [-0.2, 0) is 11.3 Å². The van der Waals surface area contributed by atoms with Gasteiger partial charge in [0.2, 0.25) is 6.77 Å². The lowest BCUT2D eigenvalue weighted by molar-refractivity contribution is 0.0642. The number of halogens is 1. The van der Waals surface area contributed by atoms with E-state index >= 15 is 0 Å². The number of hydrogen-bond donors (Lipinski definition) is 0. The van der Waals surface area contributed by atoms with Gasteiger partial charge in [0, 0.05) is 25.1 Å². The second-order valence-corrected chi connectivity index (χ2v) is 8.44. The molecule has 5 rings (SSSR count). The Hall–Kier alpha value is -3.74. The van der Waals surface area contributed by atoms with Gasteiger partial charge in [0.15, 0.2) is 11.5 Å². The van der Waals surface area contributed by atoms with Crippen LogP contribution in [0.15, 0.2) is 72.8 Å². The van der Waals surface area contributed by atoms with Gasteiger partial charge in [-0.1, -0.05) is 42.5 Å². The first-order valence-electron chi connectivity index (χ1n) is 11.9. The maximum Gasteiger partial charge on any atom is 0.410 e. The Morgan fingerprint density at radius 3 is 2.68 bits per heavy atom. The molecule has 1 amide bonds. The summed E-state index contributed by atoms with van der Waals surface area (Å²) in [4.78, 5) is 14.5. The summed E-state index contributed by atoms with van der Waals surface area (Å²) in [5.74, 6) is 1.34. The summed E-state index contributed by atoms with van der Waals surface area (Å²) in [7, 11) is 0. The Morgan fingerprint density at radius 2 is 1.85 bits per heavy atom. The number of rotatable bonds is 6. The van der Waals surface area contributed by atoms with Crippen LogP contribution >= 0.6 is 0 Å². The summed E-state index contributed by atoms with van der Waals surface area (Å²) in [6.45, 7) is 0.481. The minimum absolute atomic E-state index is 0.0344. The minimum atomic E-state index is -1.07. The van der Waals surface area contributed by atoms with Crippen LogP contribution in [0.5, 0.6) is 17.2 Å². The predicted octanol–water partition coefficient (Wildman–Crippen LogP) is 5.38. The third kappa shape index (κ3) is 5.09. The molecule has 0 bridgehead atoms. The summed E-state index contributed by atoms with van der Waals surface area (Å²) in [6.07, 6.45) is 0.350. The second kappa shape index (κ2) is 10.0. The SMILES string of the molecule is [2H]C1Oc2ccc(OC[C@@H]3CN(C(=O)OCc4ccccc4)CC[C@H]3c3ccc(F)cc3)cc2O1. The number of nitrogens with zero attached hydrogens (tertiary/aromatic N) is 1. The van der Waals surface area contributed by atoms with Crippen molar-refractivity contribution in [3.05, 3.63) is 89.7 Å². The summed E-state index contributed by atoms with van der Waals surface area (Å²) in [5, 5.41) is 0. The second-order valence-electron chi connectivity index (χ2n) is 8.44. The van der Waals surface area contributed by atoms with Gasteiger partial charge in [0.25, 0.3) is 0 Å². The van der Waals surface area contributed by atoms with E-state index in [1.54, 1.807) is 35.2 Å². The van der Waals surface area contributed by atoms with Gasteiger partial charge in [-0.2, -0.15) is 0 Å². The molecular weight excluding hydrogens is 437 g/mol. The summed E-state index contributed by atoms with van der Waals surface area (Å²) in [5.41, 5.74) is 1.94. The van der Waals surface area contributed by atoms with Crippen molar-refractivity contribution in [1.29, 1.82) is 0 Å². The van der Waals surface area contributed by atoms with Gasteiger partial charge in [-0.3, -0.25) is 0 Å². The lowest BCUT2D eigenvalue weighted by atomic mass is 9.81. The molecule has 0 saturated carbocycles. The topological polar surface area (TPSA) is 57.2 Å². The van der Waals surface area contributed by atoms with E-state index in [2.05, 4.69) is 0 Å². The molecule has 6 nitrogen and oxygen atoms in total. The molecular formula is C27H26FNO5. The van der Waals surface area contributed by atoms with Crippen LogP contribution < -0.4 is 14.2 Å². The molecule has 2 heterocycles. The van der Waals surface area contributed by atoms with E-state index in [-0.39, 0.29) is 30.4 Å². The third-order valence-corrected chi connectivity index (χ3v) is 6.22. The first-order chi connectivity index (χ1) is 17.0. The molecule has 1 unspecified atom stereocenters. The van der Waals surface area contributed by atoms with Gasteiger partial charge < -0.3 is 23.8 Å². The first kappa shape index (κ1) is 20.8. The summed E-state index contributed by atoms with van der Waals surface area (Å²) >= 11 is 0. The number of amides is 1. The van der Waals surface area contributed by atoms with E-state index < -0.39 is 6.77 Å². The summed E-state index contributed by atoms with van der Waals surface area (Å²) < 4.78 is 43.3. The third-order valence-electron chi connectivity index (χ3n) is 6.22. The van der Waals surface area contributed by atoms with Crippen molar-refractivity contribution in [1.82, 2.24) is 4.90 Å². The molecule has 2 aliphatic heterocycles. The number of hydrogen-bond acceptors (Lipinski definition) is 5. The van der Waals surface area contributed by atoms with Crippen molar-refractivity contribution in [3.8, 4) is 17.2 Å².